The molecular formula is C22H29N5O. The summed E-state index contributed by atoms with van der Waals surface area (Å²) in [5, 5.41) is 0. The Bertz CT molecular complexity index is 780. The van der Waals surface area contributed by atoms with E-state index in [-0.39, 0.29) is 0 Å². The van der Waals surface area contributed by atoms with Crippen molar-refractivity contribution in [3.8, 4) is 0 Å². The van der Waals surface area contributed by atoms with E-state index in [1.165, 1.54) is 24.8 Å². The lowest BCUT2D eigenvalue weighted by Gasteiger charge is -2.48. The second-order valence-corrected chi connectivity index (χ2v) is 8.08. The first-order valence-corrected chi connectivity index (χ1v) is 10.6. The van der Waals surface area contributed by atoms with Gasteiger partial charge in [-0.15, -0.1) is 0 Å². The summed E-state index contributed by atoms with van der Waals surface area (Å²) < 4.78 is 6.00. The van der Waals surface area contributed by atoms with Crippen LogP contribution in [0.2, 0.25) is 0 Å². The van der Waals surface area contributed by atoms with E-state index in [2.05, 4.69) is 61.1 Å². The predicted molar refractivity (Wildman–Crippen MR) is 111 cm³/mol. The molecule has 0 aliphatic carbocycles. The Morgan fingerprint density at radius 3 is 2.43 bits per heavy atom. The summed E-state index contributed by atoms with van der Waals surface area (Å²) in [6, 6.07) is 13.7. The van der Waals surface area contributed by atoms with E-state index in [4.69, 9.17) is 4.74 Å². The van der Waals surface area contributed by atoms with Gasteiger partial charge in [-0.3, -0.25) is 4.90 Å². The van der Waals surface area contributed by atoms with Crippen molar-refractivity contribution in [3.05, 3.63) is 48.3 Å². The van der Waals surface area contributed by atoms with Gasteiger partial charge >= 0.3 is 0 Å². The van der Waals surface area contributed by atoms with Crippen LogP contribution in [-0.4, -0.2) is 66.8 Å². The molecule has 6 heteroatoms. The van der Waals surface area contributed by atoms with Gasteiger partial charge in [0.25, 0.3) is 0 Å². The van der Waals surface area contributed by atoms with Crippen LogP contribution in [-0.2, 0) is 4.74 Å². The maximum Gasteiger partial charge on any atom is 0.134 e. The maximum atomic E-state index is 6.00. The molecule has 6 nitrogen and oxygen atoms in total. The Labute approximate surface area is 167 Å². The van der Waals surface area contributed by atoms with Crippen molar-refractivity contribution < 1.29 is 4.74 Å². The summed E-state index contributed by atoms with van der Waals surface area (Å²) in [5.74, 6) is 2.13. The summed E-state index contributed by atoms with van der Waals surface area (Å²) in [4.78, 5) is 16.6. The molecule has 4 heterocycles. The van der Waals surface area contributed by atoms with Gasteiger partial charge in [0.15, 0.2) is 0 Å². The Morgan fingerprint density at radius 2 is 1.61 bits per heavy atom. The number of piperidine rings is 1. The first-order chi connectivity index (χ1) is 13.9. The van der Waals surface area contributed by atoms with Gasteiger partial charge < -0.3 is 14.5 Å². The highest BCUT2D eigenvalue weighted by Crippen LogP contribution is 2.31. The topological polar surface area (TPSA) is 44.7 Å². The minimum absolute atomic E-state index is 0.358. The number of hydrogen-bond donors (Lipinski definition) is 0. The number of anilines is 2. The van der Waals surface area contributed by atoms with Crippen molar-refractivity contribution in [2.75, 3.05) is 55.7 Å². The quantitative estimate of drug-likeness (QED) is 0.817. The van der Waals surface area contributed by atoms with E-state index < -0.39 is 0 Å². The molecule has 3 aliphatic rings. The van der Waals surface area contributed by atoms with E-state index in [0.717, 1.165) is 57.6 Å². The van der Waals surface area contributed by atoms with E-state index in [0.29, 0.717) is 12.1 Å². The summed E-state index contributed by atoms with van der Waals surface area (Å²) in [6.07, 6.45) is 5.59. The molecule has 0 amide bonds. The van der Waals surface area contributed by atoms with E-state index in [9.17, 15) is 0 Å². The molecule has 0 spiro atoms. The van der Waals surface area contributed by atoms with Crippen LogP contribution in [0.1, 0.15) is 30.9 Å². The third-order valence-electron chi connectivity index (χ3n) is 6.34. The first kappa shape index (κ1) is 17.9. The summed E-state index contributed by atoms with van der Waals surface area (Å²) in [6.45, 7) is 6.79. The Kier molecular flexibility index (Phi) is 5.14. The fourth-order valence-electron chi connectivity index (χ4n) is 4.82. The predicted octanol–water partition coefficient (Wildman–Crippen LogP) is 2.73. The highest BCUT2D eigenvalue weighted by Gasteiger charge is 2.36. The smallest absolute Gasteiger partial charge is 0.134 e. The van der Waals surface area contributed by atoms with Crippen LogP contribution in [0.3, 0.4) is 0 Å². The van der Waals surface area contributed by atoms with Crippen LogP contribution in [0.5, 0.6) is 0 Å². The molecule has 1 aromatic carbocycles. The van der Waals surface area contributed by atoms with Gasteiger partial charge in [-0.1, -0.05) is 30.3 Å². The molecule has 3 saturated heterocycles. The number of piperazine rings is 1. The standard InChI is InChI=1S/C22H29N5O/c1-3-7-18(8-4-1)20-16-28-15-19-14-26(11-12-27(19)20)22-13-21(23-17-24-22)25-9-5-2-6-10-25/h1,3-4,7-8,13,17,19-20H,2,5-6,9-12,14-16H2/t19-,20-/m1/s1. The number of benzene rings is 1. The molecule has 3 aliphatic heterocycles. The van der Waals surface area contributed by atoms with Crippen molar-refractivity contribution in [1.29, 1.82) is 0 Å². The highest BCUT2D eigenvalue weighted by molar-refractivity contribution is 5.50. The van der Waals surface area contributed by atoms with E-state index >= 15 is 0 Å². The van der Waals surface area contributed by atoms with Gasteiger partial charge in [0.05, 0.1) is 25.3 Å². The molecule has 0 unspecified atom stereocenters. The molecule has 2 atom stereocenters. The normalized spacial score (nSPS) is 26.1. The molecule has 28 heavy (non-hydrogen) atoms. The Balaban J connectivity index is 1.31. The van der Waals surface area contributed by atoms with Gasteiger partial charge in [0.2, 0.25) is 0 Å². The van der Waals surface area contributed by atoms with Gasteiger partial charge in [-0.25, -0.2) is 9.97 Å². The summed E-state index contributed by atoms with van der Waals surface area (Å²) in [5.41, 5.74) is 1.36. The average Bonchev–Trinajstić information content (AvgIpc) is 2.79. The largest absolute Gasteiger partial charge is 0.378 e. The zero-order valence-electron chi connectivity index (χ0n) is 16.4. The van der Waals surface area contributed by atoms with Crippen LogP contribution in [0.4, 0.5) is 11.6 Å². The number of fused-ring (bicyclic) bond motifs is 1. The molecule has 5 rings (SSSR count). The fourth-order valence-corrected chi connectivity index (χ4v) is 4.82. The molecule has 3 fully saturated rings. The number of ether oxygens (including phenoxy) is 1. The molecule has 0 N–H and O–H groups in total. The minimum Gasteiger partial charge on any atom is -0.378 e. The molecular weight excluding hydrogens is 350 g/mol. The lowest BCUT2D eigenvalue weighted by Crippen LogP contribution is -2.59. The molecule has 1 aromatic heterocycles. The molecule has 2 aromatic rings. The van der Waals surface area contributed by atoms with E-state index in [1.807, 2.05) is 0 Å². The highest BCUT2D eigenvalue weighted by atomic mass is 16.5. The van der Waals surface area contributed by atoms with Gasteiger partial charge in [-0.2, -0.15) is 0 Å². The third kappa shape index (κ3) is 3.59. The number of hydrogen-bond acceptors (Lipinski definition) is 6. The van der Waals surface area contributed by atoms with Crippen molar-refractivity contribution in [2.24, 2.45) is 0 Å². The fraction of sp³-hybridized carbons (Fsp3) is 0.545. The van der Waals surface area contributed by atoms with Crippen LogP contribution >= 0.6 is 0 Å². The number of aromatic nitrogens is 2. The number of morpholine rings is 1. The van der Waals surface area contributed by atoms with Crippen molar-refractivity contribution in [2.45, 2.75) is 31.3 Å². The number of nitrogens with zero attached hydrogens (tertiary/aromatic N) is 5. The first-order valence-electron chi connectivity index (χ1n) is 10.6. The van der Waals surface area contributed by atoms with Crippen LogP contribution in [0, 0.1) is 0 Å². The SMILES string of the molecule is c1ccc([C@H]2COC[C@H]3CN(c4cc(N5CCCCC5)ncn4)CCN32)cc1. The van der Waals surface area contributed by atoms with Gasteiger partial charge in [0.1, 0.15) is 18.0 Å². The van der Waals surface area contributed by atoms with Crippen molar-refractivity contribution in [3.63, 3.8) is 0 Å². The van der Waals surface area contributed by atoms with Crippen LogP contribution in [0.15, 0.2) is 42.7 Å². The Hall–Kier alpha value is -2.18. The maximum absolute atomic E-state index is 6.00. The summed E-state index contributed by atoms with van der Waals surface area (Å²) >= 11 is 0. The van der Waals surface area contributed by atoms with Crippen molar-refractivity contribution >= 4 is 11.6 Å². The molecule has 0 radical (unpaired) electrons. The number of rotatable bonds is 3. The molecule has 0 bridgehead atoms. The van der Waals surface area contributed by atoms with E-state index in [1.54, 1.807) is 6.33 Å². The van der Waals surface area contributed by atoms with Crippen LogP contribution < -0.4 is 9.80 Å². The average molecular weight is 380 g/mol. The second kappa shape index (κ2) is 8.05. The van der Waals surface area contributed by atoms with Gasteiger partial charge in [-0.05, 0) is 24.8 Å². The zero-order chi connectivity index (χ0) is 18.8. The molecule has 0 saturated carbocycles. The molecule has 148 valence electrons. The second-order valence-electron chi connectivity index (χ2n) is 8.08. The zero-order valence-corrected chi connectivity index (χ0v) is 16.4. The monoisotopic (exact) mass is 379 g/mol. The lowest BCUT2D eigenvalue weighted by atomic mass is 10.00. The lowest BCUT2D eigenvalue weighted by molar-refractivity contribution is -0.0548. The Morgan fingerprint density at radius 1 is 0.821 bits per heavy atom. The summed E-state index contributed by atoms with van der Waals surface area (Å²) in [7, 11) is 0. The van der Waals surface area contributed by atoms with Crippen LogP contribution in [0.25, 0.3) is 0 Å². The van der Waals surface area contributed by atoms with Crippen molar-refractivity contribution in [1.82, 2.24) is 14.9 Å². The third-order valence-corrected chi connectivity index (χ3v) is 6.34. The minimum atomic E-state index is 0.358. The van der Waals surface area contributed by atoms with Gasteiger partial charge in [0, 0.05) is 38.8 Å².